The summed E-state index contributed by atoms with van der Waals surface area (Å²) in [7, 11) is 0. The van der Waals surface area contributed by atoms with Gasteiger partial charge in [0.1, 0.15) is 12.5 Å². The minimum Gasteiger partial charge on any atom is -0.481 e. The van der Waals surface area contributed by atoms with E-state index < -0.39 is 23.9 Å². The molecule has 84 valence electrons. The quantitative estimate of drug-likeness (QED) is 0.539. The van der Waals surface area contributed by atoms with Crippen molar-refractivity contribution < 1.29 is 19.4 Å². The van der Waals surface area contributed by atoms with Gasteiger partial charge in [-0.25, -0.2) is 4.79 Å². The molecule has 0 saturated heterocycles. The number of carbonyl (C=O) groups is 2. The summed E-state index contributed by atoms with van der Waals surface area (Å²) < 4.78 is 4.73. The van der Waals surface area contributed by atoms with Gasteiger partial charge in [0, 0.05) is 6.21 Å². The zero-order valence-electron chi connectivity index (χ0n) is 8.37. The average Bonchev–Trinajstić information content (AvgIpc) is 2.29. The van der Waals surface area contributed by atoms with Gasteiger partial charge in [-0.2, -0.15) is 5.26 Å². The lowest BCUT2D eigenvalue weighted by atomic mass is 9.98. The van der Waals surface area contributed by atoms with Crippen molar-refractivity contribution >= 4 is 18.2 Å². The second-order valence-electron chi connectivity index (χ2n) is 3.07. The lowest BCUT2D eigenvalue weighted by Gasteiger charge is -2.17. The highest BCUT2D eigenvalue weighted by atomic mass is 16.5. The summed E-state index contributed by atoms with van der Waals surface area (Å²) in [4.78, 5) is 26.0. The van der Waals surface area contributed by atoms with Gasteiger partial charge in [-0.15, -0.1) is 0 Å². The van der Waals surface area contributed by atoms with E-state index in [4.69, 9.17) is 15.1 Å². The maximum absolute atomic E-state index is 11.4. The molecule has 2 unspecified atom stereocenters. The summed E-state index contributed by atoms with van der Waals surface area (Å²) in [6, 6.07) is 0.760. The number of carbonyl (C=O) groups excluding carboxylic acids is 1. The van der Waals surface area contributed by atoms with E-state index >= 15 is 0 Å². The van der Waals surface area contributed by atoms with E-state index in [1.54, 1.807) is 0 Å². The van der Waals surface area contributed by atoms with E-state index in [0.29, 0.717) is 0 Å². The molecule has 0 aromatic rings. The van der Waals surface area contributed by atoms with E-state index in [1.807, 2.05) is 6.07 Å². The highest BCUT2D eigenvalue weighted by molar-refractivity contribution is 5.89. The summed E-state index contributed by atoms with van der Waals surface area (Å²) in [5.74, 6) is -2.85. The van der Waals surface area contributed by atoms with Crippen LogP contribution < -0.4 is 0 Å². The number of hydrogen-bond acceptors (Lipinski definition) is 5. The molecule has 2 atom stereocenters. The van der Waals surface area contributed by atoms with Crippen molar-refractivity contribution in [2.75, 3.05) is 6.61 Å². The Bertz CT molecular complexity index is 381. The zero-order valence-corrected chi connectivity index (χ0v) is 8.37. The first-order chi connectivity index (χ1) is 7.66. The van der Waals surface area contributed by atoms with Gasteiger partial charge in [0.2, 0.25) is 0 Å². The Balaban J connectivity index is 2.60. The van der Waals surface area contributed by atoms with E-state index in [2.05, 4.69) is 4.99 Å². The van der Waals surface area contributed by atoms with Gasteiger partial charge in [-0.1, -0.05) is 6.08 Å². The van der Waals surface area contributed by atoms with Crippen molar-refractivity contribution in [3.05, 3.63) is 12.2 Å². The van der Waals surface area contributed by atoms with Crippen molar-refractivity contribution in [2.45, 2.75) is 12.5 Å². The molecule has 1 N–H and O–H groups in total. The number of carboxylic acid groups (broad SMARTS) is 1. The van der Waals surface area contributed by atoms with Gasteiger partial charge in [0.05, 0.1) is 12.5 Å². The van der Waals surface area contributed by atoms with Crippen molar-refractivity contribution in [1.82, 2.24) is 0 Å². The number of esters is 1. The molecule has 0 saturated carbocycles. The van der Waals surface area contributed by atoms with Gasteiger partial charge in [-0.3, -0.25) is 9.79 Å². The zero-order chi connectivity index (χ0) is 12.0. The molecule has 0 fully saturated rings. The Hall–Kier alpha value is -2.16. The van der Waals surface area contributed by atoms with Crippen LogP contribution in [0.2, 0.25) is 0 Å². The third kappa shape index (κ3) is 2.92. The Morgan fingerprint density at radius 2 is 2.31 bits per heavy atom. The van der Waals surface area contributed by atoms with E-state index in [1.165, 1.54) is 18.4 Å². The summed E-state index contributed by atoms with van der Waals surface area (Å²) in [5.41, 5.74) is 0. The molecule has 1 aliphatic rings. The highest BCUT2D eigenvalue weighted by Crippen LogP contribution is 2.15. The normalized spacial score (nSPS) is 22.4. The minimum atomic E-state index is -1.13. The third-order valence-electron chi connectivity index (χ3n) is 1.98. The van der Waals surface area contributed by atoms with E-state index in [0.717, 1.165) is 0 Å². The number of dihydropyridines is 1. The molecule has 16 heavy (non-hydrogen) atoms. The number of allylic oxidation sites excluding steroid dienone is 1. The molecule has 1 heterocycles. The molecule has 6 heteroatoms. The maximum atomic E-state index is 11.4. The summed E-state index contributed by atoms with van der Waals surface area (Å²) >= 11 is 0. The predicted molar refractivity (Wildman–Crippen MR) is 53.7 cm³/mol. The van der Waals surface area contributed by atoms with Crippen LogP contribution in [0.25, 0.3) is 0 Å². The van der Waals surface area contributed by atoms with Gasteiger partial charge >= 0.3 is 11.9 Å². The number of aliphatic imine (C=N–C) groups is 1. The molecule has 6 nitrogen and oxygen atoms in total. The SMILES string of the molecule is N#CCCOC(=O)C1N=CC=CC1C(=O)O. The Kier molecular flexibility index (Phi) is 4.21. The lowest BCUT2D eigenvalue weighted by Crippen LogP contribution is -2.35. The Morgan fingerprint density at radius 1 is 1.56 bits per heavy atom. The molecular formula is C10H10N2O4. The lowest BCUT2D eigenvalue weighted by molar-refractivity contribution is -0.151. The average molecular weight is 222 g/mol. The predicted octanol–water partition coefficient (Wildman–Crippen LogP) is 0.153. The fourth-order valence-corrected chi connectivity index (χ4v) is 1.22. The maximum Gasteiger partial charge on any atom is 0.332 e. The summed E-state index contributed by atoms with van der Waals surface area (Å²) in [5, 5.41) is 17.1. The molecule has 1 aliphatic heterocycles. The van der Waals surface area contributed by atoms with Crippen LogP contribution >= 0.6 is 0 Å². The molecule has 1 rings (SSSR count). The van der Waals surface area contributed by atoms with Crippen LogP contribution in [0.5, 0.6) is 0 Å². The van der Waals surface area contributed by atoms with Crippen LogP contribution in [0.15, 0.2) is 17.1 Å². The first-order valence-electron chi connectivity index (χ1n) is 4.63. The largest absolute Gasteiger partial charge is 0.481 e. The number of carboxylic acids is 1. The summed E-state index contributed by atoms with van der Waals surface area (Å²) in [6.07, 6.45) is 4.29. The molecule has 0 aromatic heterocycles. The van der Waals surface area contributed by atoms with Crippen molar-refractivity contribution in [3.8, 4) is 6.07 Å². The van der Waals surface area contributed by atoms with Crippen LogP contribution in [-0.2, 0) is 14.3 Å². The molecule has 0 aliphatic carbocycles. The first kappa shape index (κ1) is 11.9. The monoisotopic (exact) mass is 222 g/mol. The number of aliphatic carboxylic acids is 1. The van der Waals surface area contributed by atoms with E-state index in [-0.39, 0.29) is 13.0 Å². The van der Waals surface area contributed by atoms with Crippen LogP contribution in [-0.4, -0.2) is 35.9 Å². The van der Waals surface area contributed by atoms with Crippen LogP contribution in [0.1, 0.15) is 6.42 Å². The third-order valence-corrected chi connectivity index (χ3v) is 1.98. The van der Waals surface area contributed by atoms with Crippen LogP contribution in [0.4, 0.5) is 0 Å². The van der Waals surface area contributed by atoms with Gasteiger partial charge in [0.15, 0.2) is 6.04 Å². The fraction of sp³-hybridized carbons (Fsp3) is 0.400. The number of nitriles is 1. The Labute approximate surface area is 91.8 Å². The second kappa shape index (κ2) is 5.66. The number of ether oxygens (including phenoxy) is 1. The molecule has 0 bridgehead atoms. The number of rotatable bonds is 4. The minimum absolute atomic E-state index is 0.0442. The molecule has 0 radical (unpaired) electrons. The van der Waals surface area contributed by atoms with Gasteiger partial charge in [0.25, 0.3) is 0 Å². The van der Waals surface area contributed by atoms with Crippen molar-refractivity contribution in [2.24, 2.45) is 10.9 Å². The molecule has 0 spiro atoms. The molecule has 0 amide bonds. The van der Waals surface area contributed by atoms with Gasteiger partial charge < -0.3 is 9.84 Å². The van der Waals surface area contributed by atoms with E-state index in [9.17, 15) is 9.59 Å². The second-order valence-corrected chi connectivity index (χ2v) is 3.07. The van der Waals surface area contributed by atoms with Gasteiger partial charge in [-0.05, 0) is 6.08 Å². The number of nitrogens with zero attached hydrogens (tertiary/aromatic N) is 2. The standard InChI is InChI=1S/C10H10N2O4/c11-4-2-6-16-10(15)8-7(9(13)14)3-1-5-12-8/h1,3,5,7-8H,2,6H2,(H,13,14). The van der Waals surface area contributed by atoms with Crippen LogP contribution in [0, 0.1) is 17.2 Å². The van der Waals surface area contributed by atoms with Crippen molar-refractivity contribution in [3.63, 3.8) is 0 Å². The molecular weight excluding hydrogens is 212 g/mol. The highest BCUT2D eigenvalue weighted by Gasteiger charge is 2.33. The Morgan fingerprint density at radius 3 is 2.94 bits per heavy atom. The summed E-state index contributed by atoms with van der Waals surface area (Å²) in [6.45, 7) is -0.0442. The fourth-order valence-electron chi connectivity index (χ4n) is 1.22. The number of hydrogen-bond donors (Lipinski definition) is 1. The van der Waals surface area contributed by atoms with Crippen molar-refractivity contribution in [1.29, 1.82) is 5.26 Å². The molecule has 0 aromatic carbocycles. The van der Waals surface area contributed by atoms with Crippen LogP contribution in [0.3, 0.4) is 0 Å². The first-order valence-corrected chi connectivity index (χ1v) is 4.63. The topological polar surface area (TPSA) is 99.8 Å². The smallest absolute Gasteiger partial charge is 0.332 e.